The molecule has 0 N–H and O–H groups in total. The molecule has 0 aliphatic carbocycles. The summed E-state index contributed by atoms with van der Waals surface area (Å²) in [6.07, 6.45) is 0. The van der Waals surface area contributed by atoms with E-state index < -0.39 is 8.07 Å². The number of hydrogen-bond acceptors (Lipinski definition) is 0. The molecule has 0 aliphatic rings. The molecule has 14 heavy (non-hydrogen) atoms. The fourth-order valence-electron chi connectivity index (χ4n) is 2.65. The number of rotatable bonds is 3. The van der Waals surface area contributed by atoms with Crippen LogP contribution in [-0.4, -0.2) is 8.07 Å². The first-order chi connectivity index (χ1) is 5.89. The zero-order chi connectivity index (χ0) is 10.6. The molecule has 0 fully saturated rings. The summed E-state index contributed by atoms with van der Waals surface area (Å²) in [6, 6.07) is 0. The summed E-state index contributed by atoms with van der Waals surface area (Å²) >= 11 is 0. The average molecular weight is 212 g/mol. The van der Waals surface area contributed by atoms with Crippen molar-refractivity contribution in [1.82, 2.24) is 0 Å². The van der Waals surface area contributed by atoms with E-state index in [1.54, 1.807) is 0 Å². The van der Waals surface area contributed by atoms with Gasteiger partial charge < -0.3 is 0 Å². The third-order valence-electron chi connectivity index (χ3n) is 3.21. The first-order valence-corrected chi connectivity index (χ1v) is 7.56. The Morgan fingerprint density at radius 2 is 1.07 bits per heavy atom. The molecule has 0 bridgehead atoms. The van der Waals surface area contributed by atoms with Crippen molar-refractivity contribution in [2.24, 2.45) is 0 Å². The van der Waals surface area contributed by atoms with Crippen LogP contribution in [0, 0.1) is 11.5 Å². The molecular formula is C13H28Si. The van der Waals surface area contributed by atoms with Crippen LogP contribution in [0.15, 0.2) is 0 Å². The van der Waals surface area contributed by atoms with Crippen molar-refractivity contribution in [3.8, 4) is 11.5 Å². The first kappa shape index (κ1) is 16.2. The maximum Gasteiger partial charge on any atom is 0.145 e. The summed E-state index contributed by atoms with van der Waals surface area (Å²) < 4.78 is 0. The summed E-state index contributed by atoms with van der Waals surface area (Å²) in [5, 5.41) is 0. The van der Waals surface area contributed by atoms with Crippen LogP contribution in [0.25, 0.3) is 0 Å². The Labute approximate surface area is 92.5 Å². The second kappa shape index (κ2) is 6.30. The summed E-state index contributed by atoms with van der Waals surface area (Å²) in [5.74, 6) is 3.16. The summed E-state index contributed by atoms with van der Waals surface area (Å²) in [4.78, 5) is 0. The molecule has 0 aromatic rings. The van der Waals surface area contributed by atoms with Crippen molar-refractivity contribution in [3.63, 3.8) is 0 Å². The topological polar surface area (TPSA) is 0 Å². The normalized spacial score (nSPS) is 11.3. The molecule has 0 atom stereocenters. The van der Waals surface area contributed by atoms with E-state index in [9.17, 15) is 0 Å². The van der Waals surface area contributed by atoms with Gasteiger partial charge in [-0.15, -0.1) is 11.5 Å². The van der Waals surface area contributed by atoms with Crippen LogP contribution < -0.4 is 0 Å². The Kier molecular flexibility index (Phi) is 7.29. The van der Waals surface area contributed by atoms with Gasteiger partial charge in [-0.2, -0.15) is 0 Å². The van der Waals surface area contributed by atoms with Crippen LogP contribution in [0.2, 0.25) is 16.6 Å². The molecule has 0 spiro atoms. The van der Waals surface area contributed by atoms with Gasteiger partial charge in [0.15, 0.2) is 0 Å². The maximum atomic E-state index is 3.58. The Bertz CT molecular complexity index is 181. The Morgan fingerprint density at radius 3 is 1.14 bits per heavy atom. The first-order valence-electron chi connectivity index (χ1n) is 5.33. The molecule has 0 nitrogen and oxygen atoms in total. The lowest BCUT2D eigenvalue weighted by Gasteiger charge is -2.38. The molecule has 0 saturated carbocycles. The number of hydrogen-bond donors (Lipinski definition) is 0. The average Bonchev–Trinajstić information content (AvgIpc) is 1.97. The van der Waals surface area contributed by atoms with Crippen molar-refractivity contribution < 1.29 is 0 Å². The highest BCUT2D eigenvalue weighted by molar-refractivity contribution is 6.90. The van der Waals surface area contributed by atoms with Crippen LogP contribution in [0.3, 0.4) is 0 Å². The van der Waals surface area contributed by atoms with E-state index in [4.69, 9.17) is 0 Å². The molecule has 0 radical (unpaired) electrons. The lowest BCUT2D eigenvalue weighted by molar-refractivity contribution is 0.838. The van der Waals surface area contributed by atoms with Crippen LogP contribution >= 0.6 is 0 Å². The van der Waals surface area contributed by atoms with E-state index in [0.717, 1.165) is 16.6 Å². The second-order valence-corrected chi connectivity index (χ2v) is 10.4. The Morgan fingerprint density at radius 1 is 0.786 bits per heavy atom. The van der Waals surface area contributed by atoms with Gasteiger partial charge in [-0.05, 0) is 23.5 Å². The monoisotopic (exact) mass is 212 g/mol. The summed E-state index contributed by atoms with van der Waals surface area (Å²) in [6.45, 7) is 16.0. The standard InChI is InChI=1S/C12H24Si.CH4/c1-8-9-13(10(2)3,11(4)5)12(6)7;/h10-12H,1-7H3;1H4. The molecule has 0 saturated heterocycles. The van der Waals surface area contributed by atoms with E-state index in [0.29, 0.717) is 0 Å². The minimum absolute atomic E-state index is 0. The van der Waals surface area contributed by atoms with E-state index in [1.165, 1.54) is 0 Å². The molecule has 0 heterocycles. The molecule has 0 amide bonds. The molecule has 0 rings (SSSR count). The van der Waals surface area contributed by atoms with Gasteiger partial charge in [-0.3, -0.25) is 0 Å². The highest BCUT2D eigenvalue weighted by Crippen LogP contribution is 2.40. The third kappa shape index (κ3) is 2.88. The molecular weight excluding hydrogens is 184 g/mol. The van der Waals surface area contributed by atoms with Gasteiger partial charge in [0.05, 0.1) is 0 Å². The van der Waals surface area contributed by atoms with Gasteiger partial charge in [-0.25, -0.2) is 0 Å². The SMILES string of the molecule is C.CC#C[Si](C(C)C)(C(C)C)C(C)C. The largest absolute Gasteiger partial charge is 0.145 e. The molecule has 0 unspecified atom stereocenters. The summed E-state index contributed by atoms with van der Waals surface area (Å²) in [5.41, 5.74) is 5.87. The van der Waals surface area contributed by atoms with Gasteiger partial charge in [0, 0.05) is 0 Å². The van der Waals surface area contributed by atoms with Gasteiger partial charge in [0.1, 0.15) is 8.07 Å². The van der Waals surface area contributed by atoms with Crippen molar-refractivity contribution in [2.75, 3.05) is 0 Å². The van der Waals surface area contributed by atoms with E-state index in [1.807, 2.05) is 6.92 Å². The molecule has 84 valence electrons. The minimum atomic E-state index is -1.39. The molecule has 0 aromatic carbocycles. The molecule has 1 heteroatoms. The van der Waals surface area contributed by atoms with Crippen LogP contribution in [0.5, 0.6) is 0 Å². The van der Waals surface area contributed by atoms with E-state index in [-0.39, 0.29) is 7.43 Å². The fraction of sp³-hybridized carbons (Fsp3) is 0.846. The predicted molar refractivity (Wildman–Crippen MR) is 71.2 cm³/mol. The lowest BCUT2D eigenvalue weighted by Crippen LogP contribution is -2.43. The zero-order valence-electron chi connectivity index (χ0n) is 10.2. The highest BCUT2D eigenvalue weighted by Gasteiger charge is 2.41. The fourth-order valence-corrected chi connectivity index (χ4v) is 7.95. The summed E-state index contributed by atoms with van der Waals surface area (Å²) in [7, 11) is -1.39. The van der Waals surface area contributed by atoms with Gasteiger partial charge in [0.25, 0.3) is 0 Å². The van der Waals surface area contributed by atoms with E-state index >= 15 is 0 Å². The Balaban J connectivity index is 0. The minimum Gasteiger partial charge on any atom is -0.131 e. The van der Waals surface area contributed by atoms with Crippen LogP contribution in [0.4, 0.5) is 0 Å². The van der Waals surface area contributed by atoms with Gasteiger partial charge >= 0.3 is 0 Å². The quantitative estimate of drug-likeness (QED) is 0.463. The van der Waals surface area contributed by atoms with Crippen LogP contribution in [0.1, 0.15) is 55.9 Å². The molecule has 0 aromatic heterocycles. The second-order valence-electron chi connectivity index (χ2n) is 4.77. The van der Waals surface area contributed by atoms with E-state index in [2.05, 4.69) is 53.0 Å². The maximum absolute atomic E-state index is 3.58. The predicted octanol–water partition coefficient (Wildman–Crippen LogP) is 4.86. The van der Waals surface area contributed by atoms with Gasteiger partial charge in [-0.1, -0.05) is 49.0 Å². The zero-order valence-corrected chi connectivity index (χ0v) is 11.2. The lowest BCUT2D eigenvalue weighted by atomic mass is 10.5. The van der Waals surface area contributed by atoms with Gasteiger partial charge in [0.2, 0.25) is 0 Å². The Hall–Kier alpha value is -0.223. The van der Waals surface area contributed by atoms with Crippen molar-refractivity contribution in [3.05, 3.63) is 0 Å². The van der Waals surface area contributed by atoms with Crippen molar-refractivity contribution >= 4 is 8.07 Å². The third-order valence-corrected chi connectivity index (χ3v) is 9.62. The highest BCUT2D eigenvalue weighted by atomic mass is 28.3. The smallest absolute Gasteiger partial charge is 0.131 e. The van der Waals surface area contributed by atoms with Crippen LogP contribution in [-0.2, 0) is 0 Å². The van der Waals surface area contributed by atoms with Crippen molar-refractivity contribution in [2.45, 2.75) is 72.5 Å². The molecule has 0 aliphatic heterocycles. The van der Waals surface area contributed by atoms with Crippen molar-refractivity contribution in [1.29, 1.82) is 0 Å².